The van der Waals surface area contributed by atoms with E-state index in [2.05, 4.69) is 15.5 Å². The minimum absolute atomic E-state index is 0.0542. The number of benzene rings is 2. The lowest BCUT2D eigenvalue weighted by Crippen LogP contribution is -2.18. The Morgan fingerprint density at radius 3 is 2.71 bits per heavy atom. The third kappa shape index (κ3) is 4.32. The fourth-order valence-corrected chi connectivity index (χ4v) is 3.21. The van der Waals surface area contributed by atoms with E-state index in [9.17, 15) is 9.59 Å². The van der Waals surface area contributed by atoms with Crippen molar-refractivity contribution in [3.63, 3.8) is 0 Å². The fourth-order valence-electron chi connectivity index (χ4n) is 2.55. The van der Waals surface area contributed by atoms with Gasteiger partial charge in [-0.3, -0.25) is 4.79 Å². The van der Waals surface area contributed by atoms with E-state index >= 15 is 0 Å². The van der Waals surface area contributed by atoms with E-state index in [1.54, 1.807) is 24.3 Å². The molecule has 0 saturated heterocycles. The highest BCUT2D eigenvalue weighted by molar-refractivity contribution is 7.99. The third-order valence-electron chi connectivity index (χ3n) is 3.88. The molecule has 2 aromatic carbocycles. The predicted molar refractivity (Wildman–Crippen MR) is 107 cm³/mol. The number of ether oxygens (including phenoxy) is 1. The molecule has 3 rings (SSSR count). The lowest BCUT2D eigenvalue weighted by Gasteiger charge is -2.09. The van der Waals surface area contributed by atoms with Gasteiger partial charge in [0.2, 0.25) is 11.1 Å². The number of nitrogens with one attached hydrogen (secondary N) is 1. The van der Waals surface area contributed by atoms with Crippen LogP contribution in [0.5, 0.6) is 0 Å². The van der Waals surface area contributed by atoms with Gasteiger partial charge in [0.05, 0.1) is 24.1 Å². The second-order valence-electron chi connectivity index (χ2n) is 5.92. The number of nitrogens with zero attached hydrogens (tertiary/aromatic N) is 3. The summed E-state index contributed by atoms with van der Waals surface area (Å²) in [4.78, 5) is 24.1. The normalized spacial score (nSPS) is 10.5. The largest absolute Gasteiger partial charge is 0.465 e. The Labute approximate surface area is 166 Å². The molecule has 0 spiro atoms. The molecule has 1 heterocycles. The minimum atomic E-state index is -0.520. The van der Waals surface area contributed by atoms with Crippen molar-refractivity contribution in [2.45, 2.75) is 12.1 Å². The summed E-state index contributed by atoms with van der Waals surface area (Å²) >= 11 is 1.15. The smallest absolute Gasteiger partial charge is 0.339 e. The van der Waals surface area contributed by atoms with Crippen LogP contribution in [-0.2, 0) is 9.53 Å². The minimum Gasteiger partial charge on any atom is -0.465 e. The number of methoxy groups -OCH3 is 1. The Balaban J connectivity index is 1.67. The maximum atomic E-state index is 12.3. The van der Waals surface area contributed by atoms with Crippen LogP contribution in [0.15, 0.2) is 53.7 Å². The molecule has 0 fully saturated rings. The number of hydrogen-bond acceptors (Lipinski definition) is 7. The zero-order valence-electron chi connectivity index (χ0n) is 15.4. The first-order valence-electron chi connectivity index (χ1n) is 8.37. The van der Waals surface area contributed by atoms with E-state index in [0.717, 1.165) is 22.9 Å². The second kappa shape index (κ2) is 8.57. The Morgan fingerprint density at radius 1 is 1.18 bits per heavy atom. The van der Waals surface area contributed by atoms with Crippen molar-refractivity contribution in [3.05, 3.63) is 59.7 Å². The highest BCUT2D eigenvalue weighted by atomic mass is 32.2. The molecule has 0 saturated carbocycles. The molecule has 9 heteroatoms. The summed E-state index contributed by atoms with van der Waals surface area (Å²) in [5.74, 6) is 5.83. The van der Waals surface area contributed by atoms with Crippen LogP contribution in [0, 0.1) is 6.92 Å². The van der Waals surface area contributed by atoms with Gasteiger partial charge in [-0.25, -0.2) is 9.47 Å². The Kier molecular flexibility index (Phi) is 5.95. The van der Waals surface area contributed by atoms with Crippen molar-refractivity contribution in [1.29, 1.82) is 0 Å². The zero-order valence-corrected chi connectivity index (χ0v) is 16.2. The summed E-state index contributed by atoms with van der Waals surface area (Å²) < 4.78 is 6.08. The number of thioether (sulfide) groups is 1. The molecule has 0 radical (unpaired) electrons. The average Bonchev–Trinajstić information content (AvgIpc) is 3.06. The third-order valence-corrected chi connectivity index (χ3v) is 4.82. The van der Waals surface area contributed by atoms with Crippen LogP contribution in [0.3, 0.4) is 0 Å². The summed E-state index contributed by atoms with van der Waals surface area (Å²) in [6.45, 7) is 1.98. The van der Waals surface area contributed by atoms with Gasteiger partial charge in [0, 0.05) is 5.56 Å². The Morgan fingerprint density at radius 2 is 1.96 bits per heavy atom. The summed E-state index contributed by atoms with van der Waals surface area (Å²) in [7, 11) is 1.29. The molecule has 0 bridgehead atoms. The Bertz CT molecular complexity index is 1020. The number of para-hydroxylation sites is 1. The van der Waals surface area contributed by atoms with Crippen molar-refractivity contribution in [1.82, 2.24) is 14.9 Å². The first-order chi connectivity index (χ1) is 13.5. The highest BCUT2D eigenvalue weighted by Gasteiger charge is 2.16. The quantitative estimate of drug-likeness (QED) is 0.373. The van der Waals surface area contributed by atoms with Crippen LogP contribution in [0.25, 0.3) is 11.4 Å². The molecule has 8 nitrogen and oxygen atoms in total. The second-order valence-corrected chi connectivity index (χ2v) is 6.86. The van der Waals surface area contributed by atoms with Crippen LogP contribution >= 0.6 is 11.8 Å². The van der Waals surface area contributed by atoms with Gasteiger partial charge in [0.25, 0.3) is 0 Å². The van der Waals surface area contributed by atoms with Gasteiger partial charge in [-0.2, -0.15) is 0 Å². The average molecular weight is 397 g/mol. The predicted octanol–water partition coefficient (Wildman–Crippen LogP) is 2.48. The molecular weight excluding hydrogens is 378 g/mol. The molecule has 0 aliphatic heterocycles. The van der Waals surface area contributed by atoms with Crippen molar-refractivity contribution in [3.8, 4) is 11.4 Å². The number of hydrogen-bond donors (Lipinski definition) is 2. The summed E-state index contributed by atoms with van der Waals surface area (Å²) in [6.07, 6.45) is 0. The number of anilines is 1. The molecule has 3 aromatic rings. The van der Waals surface area contributed by atoms with Crippen molar-refractivity contribution in [2.75, 3.05) is 24.0 Å². The van der Waals surface area contributed by atoms with E-state index in [1.807, 2.05) is 31.2 Å². The maximum absolute atomic E-state index is 12.3. The van der Waals surface area contributed by atoms with Crippen LogP contribution in [0.1, 0.15) is 15.9 Å². The molecule has 0 aliphatic rings. The summed E-state index contributed by atoms with van der Waals surface area (Å²) in [6, 6.07) is 14.4. The molecular formula is C19H19N5O3S. The van der Waals surface area contributed by atoms with E-state index in [4.69, 9.17) is 10.6 Å². The molecule has 1 amide bonds. The van der Waals surface area contributed by atoms with Gasteiger partial charge in [-0.1, -0.05) is 47.7 Å². The lowest BCUT2D eigenvalue weighted by atomic mass is 10.1. The Hall–Kier alpha value is -3.33. The molecule has 0 aliphatic carbocycles. The number of carbonyl (C=O) groups excluding carboxylic acids is 2. The zero-order chi connectivity index (χ0) is 20.1. The molecule has 1 aromatic heterocycles. The van der Waals surface area contributed by atoms with Gasteiger partial charge in [-0.15, -0.1) is 10.2 Å². The number of esters is 1. The van der Waals surface area contributed by atoms with Crippen LogP contribution < -0.4 is 11.2 Å². The molecule has 144 valence electrons. The van der Waals surface area contributed by atoms with Gasteiger partial charge in [-0.05, 0) is 25.1 Å². The monoisotopic (exact) mass is 397 g/mol. The lowest BCUT2D eigenvalue weighted by molar-refractivity contribution is -0.113. The van der Waals surface area contributed by atoms with E-state index in [0.29, 0.717) is 16.7 Å². The maximum Gasteiger partial charge on any atom is 0.339 e. The number of aromatic nitrogens is 3. The van der Waals surface area contributed by atoms with Gasteiger partial charge >= 0.3 is 5.97 Å². The van der Waals surface area contributed by atoms with E-state index in [-0.39, 0.29) is 17.2 Å². The molecule has 28 heavy (non-hydrogen) atoms. The standard InChI is InChI=1S/C19H19N5O3S/c1-12-6-5-7-13(10-12)17-22-23-19(24(17)20)28-11-16(25)21-15-9-4-3-8-14(15)18(26)27-2/h3-10H,11,20H2,1-2H3,(H,21,25). The topological polar surface area (TPSA) is 112 Å². The van der Waals surface area contributed by atoms with E-state index < -0.39 is 5.97 Å². The molecule has 0 unspecified atom stereocenters. The summed E-state index contributed by atoms with van der Waals surface area (Å²) in [5, 5.41) is 11.3. The molecule has 3 N–H and O–H groups in total. The number of aryl methyl sites for hydroxylation is 1. The van der Waals surface area contributed by atoms with Crippen LogP contribution in [0.2, 0.25) is 0 Å². The summed E-state index contributed by atoms with van der Waals surface area (Å²) in [5.41, 5.74) is 2.60. The van der Waals surface area contributed by atoms with Crippen molar-refractivity contribution >= 4 is 29.3 Å². The number of carbonyl (C=O) groups is 2. The highest BCUT2D eigenvalue weighted by Crippen LogP contribution is 2.23. The SMILES string of the molecule is COC(=O)c1ccccc1NC(=O)CSc1nnc(-c2cccc(C)c2)n1N. The van der Waals surface area contributed by atoms with Crippen molar-refractivity contribution in [2.24, 2.45) is 0 Å². The number of nitrogens with two attached hydrogens (primary N) is 1. The van der Waals surface area contributed by atoms with Crippen molar-refractivity contribution < 1.29 is 14.3 Å². The van der Waals surface area contributed by atoms with Gasteiger partial charge in [0.1, 0.15) is 0 Å². The first-order valence-corrected chi connectivity index (χ1v) is 9.35. The van der Waals surface area contributed by atoms with Gasteiger partial charge < -0.3 is 15.9 Å². The van der Waals surface area contributed by atoms with Crippen LogP contribution in [-0.4, -0.2) is 39.6 Å². The van der Waals surface area contributed by atoms with Gasteiger partial charge in [0.15, 0.2) is 5.82 Å². The van der Waals surface area contributed by atoms with Crippen LogP contribution in [0.4, 0.5) is 5.69 Å². The fraction of sp³-hybridized carbons (Fsp3) is 0.158. The number of rotatable bonds is 6. The first kappa shape index (κ1) is 19.4. The molecule has 0 atom stereocenters. The number of nitrogen functional groups attached to an aromatic ring is 1. The number of amides is 1. The van der Waals surface area contributed by atoms with E-state index in [1.165, 1.54) is 11.8 Å².